The average molecular weight is 224 g/mol. The highest BCUT2D eigenvalue weighted by Gasteiger charge is 2.31. The third-order valence-corrected chi connectivity index (χ3v) is 3.45. The summed E-state index contributed by atoms with van der Waals surface area (Å²) in [6, 6.07) is 2.90. The molecule has 1 aliphatic carbocycles. The number of nitriles is 1. The maximum atomic E-state index is 8.50. The van der Waals surface area contributed by atoms with Gasteiger partial charge in [0, 0.05) is 26.1 Å². The minimum atomic E-state index is 0.690. The second-order valence-electron chi connectivity index (χ2n) is 4.72. The lowest BCUT2D eigenvalue weighted by molar-refractivity contribution is 0.115. The number of hydrogen-bond acceptors (Lipinski definition) is 3. The van der Waals surface area contributed by atoms with Crippen LogP contribution in [0.4, 0.5) is 0 Å². The molecule has 92 valence electrons. The van der Waals surface area contributed by atoms with E-state index in [2.05, 4.69) is 17.9 Å². The zero-order valence-electron chi connectivity index (χ0n) is 10.6. The van der Waals surface area contributed by atoms with Crippen LogP contribution in [-0.4, -0.2) is 37.7 Å². The van der Waals surface area contributed by atoms with E-state index in [1.165, 1.54) is 12.8 Å². The summed E-state index contributed by atoms with van der Waals surface area (Å²) in [6.45, 7) is 5.29. The second kappa shape index (κ2) is 7.65. The van der Waals surface area contributed by atoms with Crippen molar-refractivity contribution in [2.45, 2.75) is 45.1 Å². The molecule has 1 rings (SSSR count). The van der Waals surface area contributed by atoms with E-state index < -0.39 is 0 Å². The van der Waals surface area contributed by atoms with E-state index in [9.17, 15) is 0 Å². The number of methoxy groups -OCH3 is 1. The first-order chi connectivity index (χ1) is 7.79. The molecule has 0 spiro atoms. The Morgan fingerprint density at radius 2 is 2.12 bits per heavy atom. The maximum absolute atomic E-state index is 8.50. The van der Waals surface area contributed by atoms with Gasteiger partial charge in [-0.05, 0) is 45.1 Å². The van der Waals surface area contributed by atoms with Gasteiger partial charge < -0.3 is 4.74 Å². The summed E-state index contributed by atoms with van der Waals surface area (Å²) in [5, 5.41) is 8.50. The smallest absolute Gasteiger partial charge is 0.0621 e. The van der Waals surface area contributed by atoms with Gasteiger partial charge in [0.15, 0.2) is 0 Å². The fourth-order valence-electron chi connectivity index (χ4n) is 2.12. The van der Waals surface area contributed by atoms with E-state index >= 15 is 0 Å². The van der Waals surface area contributed by atoms with Gasteiger partial charge in [-0.3, -0.25) is 4.90 Å². The fraction of sp³-hybridized carbons (Fsp3) is 0.923. The molecule has 0 aromatic carbocycles. The summed E-state index contributed by atoms with van der Waals surface area (Å²) < 4.78 is 5.16. The standard InChI is InChI=1S/C13H24N2O/c1-12(13-6-7-13)15(10-11-16-2)9-5-3-4-8-14/h12-13H,3-7,9-11H2,1-2H3. The summed E-state index contributed by atoms with van der Waals surface area (Å²) in [5.41, 5.74) is 0. The number of nitrogens with zero attached hydrogens (tertiary/aromatic N) is 2. The Hall–Kier alpha value is -0.590. The van der Waals surface area contributed by atoms with Crippen molar-refractivity contribution in [3.8, 4) is 6.07 Å². The summed E-state index contributed by atoms with van der Waals surface area (Å²) in [7, 11) is 1.76. The number of ether oxygens (including phenoxy) is 1. The van der Waals surface area contributed by atoms with Crippen LogP contribution in [0.1, 0.15) is 39.0 Å². The van der Waals surface area contributed by atoms with Gasteiger partial charge in [-0.1, -0.05) is 0 Å². The number of unbranched alkanes of at least 4 members (excludes halogenated alkanes) is 2. The number of hydrogen-bond donors (Lipinski definition) is 0. The minimum Gasteiger partial charge on any atom is -0.383 e. The largest absolute Gasteiger partial charge is 0.383 e. The zero-order valence-corrected chi connectivity index (χ0v) is 10.6. The first-order valence-electron chi connectivity index (χ1n) is 6.39. The van der Waals surface area contributed by atoms with Gasteiger partial charge in [0.25, 0.3) is 0 Å². The first kappa shape index (κ1) is 13.5. The van der Waals surface area contributed by atoms with Crippen LogP contribution in [0.3, 0.4) is 0 Å². The lowest BCUT2D eigenvalue weighted by Gasteiger charge is -2.28. The molecule has 3 nitrogen and oxygen atoms in total. The minimum absolute atomic E-state index is 0.690. The van der Waals surface area contributed by atoms with Crippen LogP contribution >= 0.6 is 0 Å². The third-order valence-electron chi connectivity index (χ3n) is 3.45. The number of rotatable bonds is 9. The van der Waals surface area contributed by atoms with Crippen molar-refractivity contribution < 1.29 is 4.74 Å². The van der Waals surface area contributed by atoms with Crippen LogP contribution in [0, 0.1) is 17.2 Å². The van der Waals surface area contributed by atoms with Crippen molar-refractivity contribution in [1.82, 2.24) is 4.90 Å². The Balaban J connectivity index is 2.22. The quantitative estimate of drug-likeness (QED) is 0.564. The van der Waals surface area contributed by atoms with Crippen molar-refractivity contribution in [3.05, 3.63) is 0 Å². The van der Waals surface area contributed by atoms with Crippen molar-refractivity contribution in [2.24, 2.45) is 5.92 Å². The highest BCUT2D eigenvalue weighted by molar-refractivity contribution is 4.85. The molecular weight excluding hydrogens is 200 g/mol. The van der Waals surface area contributed by atoms with Crippen LogP contribution in [0.2, 0.25) is 0 Å². The Morgan fingerprint density at radius 3 is 2.69 bits per heavy atom. The molecule has 0 aliphatic heterocycles. The monoisotopic (exact) mass is 224 g/mol. The molecule has 0 aromatic heterocycles. The van der Waals surface area contributed by atoms with Gasteiger partial charge in [-0.2, -0.15) is 5.26 Å². The molecule has 16 heavy (non-hydrogen) atoms. The second-order valence-corrected chi connectivity index (χ2v) is 4.72. The molecule has 1 atom stereocenters. The molecule has 1 saturated carbocycles. The van der Waals surface area contributed by atoms with Gasteiger partial charge in [0.1, 0.15) is 0 Å². The van der Waals surface area contributed by atoms with E-state index in [-0.39, 0.29) is 0 Å². The van der Waals surface area contributed by atoms with Crippen LogP contribution in [0.5, 0.6) is 0 Å². The molecule has 1 fully saturated rings. The molecule has 0 N–H and O–H groups in total. The van der Waals surface area contributed by atoms with Crippen molar-refractivity contribution in [2.75, 3.05) is 26.8 Å². The van der Waals surface area contributed by atoms with Crippen molar-refractivity contribution >= 4 is 0 Å². The van der Waals surface area contributed by atoms with Gasteiger partial charge in [0.2, 0.25) is 0 Å². The SMILES string of the molecule is COCCN(CCCCC#N)C(C)C1CC1. The van der Waals surface area contributed by atoms with Crippen molar-refractivity contribution in [3.63, 3.8) is 0 Å². The molecule has 0 bridgehead atoms. The van der Waals surface area contributed by atoms with Gasteiger partial charge in [0.05, 0.1) is 12.7 Å². The Kier molecular flexibility index (Phi) is 6.44. The molecule has 0 radical (unpaired) electrons. The molecule has 1 unspecified atom stereocenters. The summed E-state index contributed by atoms with van der Waals surface area (Å²) in [5.74, 6) is 0.910. The Bertz CT molecular complexity index is 220. The maximum Gasteiger partial charge on any atom is 0.0621 e. The van der Waals surface area contributed by atoms with E-state index in [1.54, 1.807) is 7.11 Å². The predicted octanol–water partition coefficient (Wildman–Crippen LogP) is 2.43. The first-order valence-corrected chi connectivity index (χ1v) is 6.39. The van der Waals surface area contributed by atoms with Gasteiger partial charge >= 0.3 is 0 Å². The normalized spacial score (nSPS) is 17.4. The van der Waals surface area contributed by atoms with E-state index in [0.29, 0.717) is 12.5 Å². The van der Waals surface area contributed by atoms with E-state index in [0.717, 1.165) is 38.5 Å². The molecular formula is C13H24N2O. The zero-order chi connectivity index (χ0) is 11.8. The molecule has 0 saturated heterocycles. The van der Waals surface area contributed by atoms with Crippen LogP contribution in [0.25, 0.3) is 0 Å². The topological polar surface area (TPSA) is 36.3 Å². The highest BCUT2D eigenvalue weighted by atomic mass is 16.5. The summed E-state index contributed by atoms with van der Waals surface area (Å²) in [4.78, 5) is 2.53. The molecule has 0 aromatic rings. The molecule has 0 heterocycles. The lowest BCUT2D eigenvalue weighted by atomic mass is 10.1. The lowest BCUT2D eigenvalue weighted by Crippen LogP contribution is -2.37. The molecule has 3 heteroatoms. The van der Waals surface area contributed by atoms with Crippen LogP contribution in [0.15, 0.2) is 0 Å². The summed E-state index contributed by atoms with van der Waals surface area (Å²) in [6.07, 6.45) is 5.63. The molecule has 0 amide bonds. The van der Waals surface area contributed by atoms with Crippen LogP contribution in [-0.2, 0) is 4.74 Å². The molecule has 1 aliphatic rings. The van der Waals surface area contributed by atoms with Gasteiger partial charge in [-0.25, -0.2) is 0 Å². The van der Waals surface area contributed by atoms with E-state index in [4.69, 9.17) is 10.00 Å². The van der Waals surface area contributed by atoms with Crippen molar-refractivity contribution in [1.29, 1.82) is 5.26 Å². The van der Waals surface area contributed by atoms with Gasteiger partial charge in [-0.15, -0.1) is 0 Å². The average Bonchev–Trinajstić information content (AvgIpc) is 3.11. The predicted molar refractivity (Wildman–Crippen MR) is 65.1 cm³/mol. The Morgan fingerprint density at radius 1 is 1.38 bits per heavy atom. The third kappa shape index (κ3) is 4.96. The van der Waals surface area contributed by atoms with E-state index in [1.807, 2.05) is 0 Å². The van der Waals surface area contributed by atoms with Crippen LogP contribution < -0.4 is 0 Å². The highest BCUT2D eigenvalue weighted by Crippen LogP contribution is 2.35. The summed E-state index contributed by atoms with van der Waals surface area (Å²) >= 11 is 0. The fourth-order valence-corrected chi connectivity index (χ4v) is 2.12. The Labute approximate surface area is 99.4 Å².